The van der Waals surface area contributed by atoms with Crippen LogP contribution in [0.4, 0.5) is 0 Å². The average molecular weight is 419 g/mol. The molecule has 0 aliphatic heterocycles. The minimum absolute atomic E-state index is 0.0127. The van der Waals surface area contributed by atoms with Gasteiger partial charge in [-0.1, -0.05) is 43.7 Å². The van der Waals surface area contributed by atoms with Crippen molar-refractivity contribution in [1.29, 1.82) is 0 Å². The van der Waals surface area contributed by atoms with E-state index in [2.05, 4.69) is 4.72 Å². The predicted octanol–water partition coefficient (Wildman–Crippen LogP) is 2.27. The molecule has 0 aromatic heterocycles. The van der Waals surface area contributed by atoms with Crippen LogP contribution in [0.15, 0.2) is 59.5 Å². The first kappa shape index (κ1) is 22.6. The number of unbranched alkanes of at least 4 members (excludes halogenated alkanes) is 1. The molecule has 1 amide bonds. The number of sulfonamides is 1. The summed E-state index contributed by atoms with van der Waals surface area (Å²) >= 11 is 0. The Kier molecular flexibility index (Phi) is 8.35. The van der Waals surface area contributed by atoms with E-state index in [9.17, 15) is 18.0 Å². The maximum Gasteiger partial charge on any atom is 0.338 e. The second-order valence-corrected chi connectivity index (χ2v) is 8.29. The SMILES string of the molecule is CCCCOC(=O)c1ccc(S(=O)(=O)NC(=O)C(CN)Cc2ccccc2)cc1. The Hall–Kier alpha value is -2.71. The molecule has 8 heteroatoms. The lowest BCUT2D eigenvalue weighted by Crippen LogP contribution is -2.39. The maximum absolute atomic E-state index is 12.5. The van der Waals surface area contributed by atoms with Crippen LogP contribution in [0.5, 0.6) is 0 Å². The highest BCUT2D eigenvalue weighted by Crippen LogP contribution is 2.14. The number of esters is 1. The van der Waals surface area contributed by atoms with Gasteiger partial charge in [-0.05, 0) is 42.7 Å². The van der Waals surface area contributed by atoms with Crippen LogP contribution in [0.25, 0.3) is 0 Å². The second-order valence-electron chi connectivity index (χ2n) is 6.61. The van der Waals surface area contributed by atoms with Crippen LogP contribution in [-0.2, 0) is 26.0 Å². The van der Waals surface area contributed by atoms with Gasteiger partial charge in [0.2, 0.25) is 5.91 Å². The number of hydrogen-bond acceptors (Lipinski definition) is 6. The fourth-order valence-electron chi connectivity index (χ4n) is 2.62. The molecule has 0 saturated carbocycles. The highest BCUT2D eigenvalue weighted by atomic mass is 32.2. The van der Waals surface area contributed by atoms with Crippen molar-refractivity contribution in [1.82, 2.24) is 4.72 Å². The number of benzene rings is 2. The lowest BCUT2D eigenvalue weighted by molar-refractivity contribution is -0.122. The molecule has 0 fully saturated rings. The number of nitrogens with two attached hydrogens (primary N) is 1. The van der Waals surface area contributed by atoms with Crippen molar-refractivity contribution in [2.24, 2.45) is 11.7 Å². The molecule has 7 nitrogen and oxygen atoms in total. The Bertz CT molecular complexity index is 912. The third kappa shape index (κ3) is 6.69. The fourth-order valence-corrected chi connectivity index (χ4v) is 3.66. The summed E-state index contributed by atoms with van der Waals surface area (Å²) in [4.78, 5) is 24.2. The Morgan fingerprint density at radius 2 is 1.72 bits per heavy atom. The van der Waals surface area contributed by atoms with E-state index >= 15 is 0 Å². The fraction of sp³-hybridized carbons (Fsp3) is 0.333. The molecule has 0 radical (unpaired) electrons. The molecule has 0 aliphatic carbocycles. The highest BCUT2D eigenvalue weighted by Gasteiger charge is 2.24. The van der Waals surface area contributed by atoms with Gasteiger partial charge < -0.3 is 10.5 Å². The minimum Gasteiger partial charge on any atom is -0.462 e. The lowest BCUT2D eigenvalue weighted by Gasteiger charge is -2.15. The molecule has 2 aromatic rings. The topological polar surface area (TPSA) is 116 Å². The van der Waals surface area contributed by atoms with Crippen molar-refractivity contribution >= 4 is 21.9 Å². The van der Waals surface area contributed by atoms with Crippen LogP contribution in [0.1, 0.15) is 35.7 Å². The van der Waals surface area contributed by atoms with Crippen LogP contribution < -0.4 is 10.5 Å². The van der Waals surface area contributed by atoms with Gasteiger partial charge in [-0.2, -0.15) is 0 Å². The van der Waals surface area contributed by atoms with Gasteiger partial charge in [0.1, 0.15) is 0 Å². The van der Waals surface area contributed by atoms with Gasteiger partial charge in [0.15, 0.2) is 0 Å². The predicted molar refractivity (Wildman–Crippen MR) is 110 cm³/mol. The third-order valence-electron chi connectivity index (χ3n) is 4.35. The van der Waals surface area contributed by atoms with Crippen molar-refractivity contribution in [2.45, 2.75) is 31.1 Å². The molecular formula is C21H26N2O5S. The monoisotopic (exact) mass is 418 g/mol. The summed E-state index contributed by atoms with van der Waals surface area (Å²) in [5, 5.41) is 0. The molecule has 156 valence electrons. The summed E-state index contributed by atoms with van der Waals surface area (Å²) in [6.07, 6.45) is 2.00. The largest absolute Gasteiger partial charge is 0.462 e. The van der Waals surface area contributed by atoms with Crippen molar-refractivity contribution < 1.29 is 22.7 Å². The molecule has 29 heavy (non-hydrogen) atoms. The van der Waals surface area contributed by atoms with E-state index in [1.807, 2.05) is 37.3 Å². The molecule has 2 rings (SSSR count). The van der Waals surface area contributed by atoms with E-state index in [4.69, 9.17) is 10.5 Å². The van der Waals surface area contributed by atoms with Crippen molar-refractivity contribution in [3.8, 4) is 0 Å². The van der Waals surface area contributed by atoms with E-state index in [0.717, 1.165) is 18.4 Å². The van der Waals surface area contributed by atoms with E-state index in [1.54, 1.807) is 0 Å². The quantitative estimate of drug-likeness (QED) is 0.452. The number of carbonyl (C=O) groups is 2. The lowest BCUT2D eigenvalue weighted by atomic mass is 9.99. The number of nitrogens with one attached hydrogen (secondary N) is 1. The maximum atomic E-state index is 12.5. The van der Waals surface area contributed by atoms with E-state index in [1.165, 1.54) is 24.3 Å². The van der Waals surface area contributed by atoms with Crippen molar-refractivity contribution in [2.75, 3.05) is 13.2 Å². The van der Waals surface area contributed by atoms with E-state index < -0.39 is 27.8 Å². The van der Waals surface area contributed by atoms with Gasteiger partial charge >= 0.3 is 5.97 Å². The molecule has 1 unspecified atom stereocenters. The smallest absolute Gasteiger partial charge is 0.338 e. The summed E-state index contributed by atoms with van der Waals surface area (Å²) < 4.78 is 32.2. The summed E-state index contributed by atoms with van der Waals surface area (Å²) in [5.74, 6) is -1.86. The van der Waals surface area contributed by atoms with Crippen molar-refractivity contribution in [3.05, 3.63) is 65.7 Å². The van der Waals surface area contributed by atoms with Crippen LogP contribution in [0.2, 0.25) is 0 Å². The summed E-state index contributed by atoms with van der Waals surface area (Å²) in [7, 11) is -4.08. The number of rotatable bonds is 10. The zero-order valence-electron chi connectivity index (χ0n) is 16.3. The molecule has 1 atom stereocenters. The zero-order chi connectivity index (χ0) is 21.3. The van der Waals surface area contributed by atoms with Gasteiger partial charge in [0, 0.05) is 6.54 Å². The first-order valence-electron chi connectivity index (χ1n) is 9.45. The zero-order valence-corrected chi connectivity index (χ0v) is 17.2. The van der Waals surface area contributed by atoms with Crippen LogP contribution in [-0.4, -0.2) is 33.4 Å². The molecule has 0 aliphatic rings. The second kappa shape index (κ2) is 10.7. The third-order valence-corrected chi connectivity index (χ3v) is 5.71. The van der Waals surface area contributed by atoms with E-state index in [0.29, 0.717) is 13.0 Å². The molecular weight excluding hydrogens is 392 g/mol. The summed E-state index contributed by atoms with van der Waals surface area (Å²) in [6.45, 7) is 2.31. The molecule has 0 bridgehead atoms. The van der Waals surface area contributed by atoms with Crippen LogP contribution >= 0.6 is 0 Å². The first-order chi connectivity index (χ1) is 13.9. The number of amides is 1. The van der Waals surface area contributed by atoms with Crippen LogP contribution in [0.3, 0.4) is 0 Å². The van der Waals surface area contributed by atoms with Gasteiger partial charge in [-0.3, -0.25) is 4.79 Å². The Labute approximate surface area is 171 Å². The number of hydrogen-bond donors (Lipinski definition) is 2. The Morgan fingerprint density at radius 1 is 1.07 bits per heavy atom. The van der Waals surface area contributed by atoms with Gasteiger partial charge in [0.25, 0.3) is 10.0 Å². The van der Waals surface area contributed by atoms with E-state index in [-0.39, 0.29) is 17.0 Å². The Balaban J connectivity index is 2.03. The summed E-state index contributed by atoms with van der Waals surface area (Å²) in [5.41, 5.74) is 6.81. The van der Waals surface area contributed by atoms with Gasteiger partial charge in [-0.25, -0.2) is 17.9 Å². The van der Waals surface area contributed by atoms with Gasteiger partial charge in [-0.15, -0.1) is 0 Å². The highest BCUT2D eigenvalue weighted by molar-refractivity contribution is 7.90. The number of carbonyl (C=O) groups excluding carboxylic acids is 2. The van der Waals surface area contributed by atoms with Gasteiger partial charge in [0.05, 0.1) is 23.0 Å². The number of ether oxygens (including phenoxy) is 1. The molecule has 0 spiro atoms. The molecule has 0 heterocycles. The Morgan fingerprint density at radius 3 is 2.31 bits per heavy atom. The molecule has 3 N–H and O–H groups in total. The van der Waals surface area contributed by atoms with Crippen molar-refractivity contribution in [3.63, 3.8) is 0 Å². The normalized spacial score (nSPS) is 12.2. The average Bonchev–Trinajstić information content (AvgIpc) is 2.72. The standard InChI is InChI=1S/C21H26N2O5S/c1-2-3-13-28-21(25)17-9-11-19(12-10-17)29(26,27)23-20(24)18(15-22)14-16-7-5-4-6-8-16/h4-12,18H,2-3,13-15,22H2,1H3,(H,23,24). The minimum atomic E-state index is -4.08. The van der Waals surface area contributed by atoms with Crippen LogP contribution in [0, 0.1) is 5.92 Å². The molecule has 2 aromatic carbocycles. The first-order valence-corrected chi connectivity index (χ1v) is 10.9. The molecule has 0 saturated heterocycles. The summed E-state index contributed by atoms with van der Waals surface area (Å²) in [6, 6.07) is 14.5.